The zero-order valence-electron chi connectivity index (χ0n) is 9.47. The van der Waals surface area contributed by atoms with Gasteiger partial charge in [0, 0.05) is 25.5 Å². The van der Waals surface area contributed by atoms with E-state index in [2.05, 4.69) is 15.3 Å². The minimum Gasteiger partial charge on any atom is -0.396 e. The summed E-state index contributed by atoms with van der Waals surface area (Å²) in [7, 11) is 0. The number of aliphatic hydroxyl groups is 1. The Bertz CT molecular complexity index is 304. The lowest BCUT2D eigenvalue weighted by Crippen LogP contribution is -2.28. The molecule has 0 aromatic carbocycles. The largest absolute Gasteiger partial charge is 0.396 e. The van der Waals surface area contributed by atoms with Crippen molar-refractivity contribution in [3.63, 3.8) is 0 Å². The highest BCUT2D eigenvalue weighted by Gasteiger charge is 2.24. The zero-order valence-corrected chi connectivity index (χ0v) is 9.47. The van der Waals surface area contributed by atoms with Gasteiger partial charge in [0.15, 0.2) is 0 Å². The summed E-state index contributed by atoms with van der Waals surface area (Å²) < 4.78 is 0. The van der Waals surface area contributed by atoms with Gasteiger partial charge in [0.05, 0.1) is 6.20 Å². The van der Waals surface area contributed by atoms with E-state index in [4.69, 9.17) is 0 Å². The van der Waals surface area contributed by atoms with Gasteiger partial charge in [-0.15, -0.1) is 0 Å². The number of nitrogens with one attached hydrogen (secondary N) is 1. The maximum absolute atomic E-state index is 9.30. The van der Waals surface area contributed by atoms with E-state index in [-0.39, 0.29) is 0 Å². The van der Waals surface area contributed by atoms with Gasteiger partial charge < -0.3 is 10.4 Å². The molecule has 16 heavy (non-hydrogen) atoms. The lowest BCUT2D eigenvalue weighted by Gasteiger charge is -2.30. The molecule has 1 aromatic rings. The Morgan fingerprint density at radius 3 is 2.75 bits per heavy atom. The molecule has 0 radical (unpaired) electrons. The molecule has 4 heteroatoms. The number of hydrogen-bond donors (Lipinski definition) is 2. The van der Waals surface area contributed by atoms with Crippen molar-refractivity contribution in [3.8, 4) is 0 Å². The predicted octanol–water partition coefficient (Wildman–Crippen LogP) is 1.69. The minimum absolute atomic E-state index is 0.312. The number of rotatable bonds is 4. The summed E-state index contributed by atoms with van der Waals surface area (Å²) in [6.45, 7) is 1.21. The van der Waals surface area contributed by atoms with Crippen molar-refractivity contribution in [3.05, 3.63) is 18.6 Å². The zero-order chi connectivity index (χ0) is 11.2. The highest BCUT2D eigenvalue weighted by atomic mass is 16.3. The molecule has 2 N–H and O–H groups in total. The lowest BCUT2D eigenvalue weighted by molar-refractivity contribution is 0.141. The van der Waals surface area contributed by atoms with E-state index in [1.165, 1.54) is 19.3 Å². The van der Waals surface area contributed by atoms with Gasteiger partial charge in [0.1, 0.15) is 5.82 Å². The molecule has 2 unspecified atom stereocenters. The molecular formula is C12H19N3O. The van der Waals surface area contributed by atoms with Crippen LogP contribution in [0.2, 0.25) is 0 Å². The van der Waals surface area contributed by atoms with Gasteiger partial charge in [0.2, 0.25) is 0 Å². The molecule has 0 bridgehead atoms. The van der Waals surface area contributed by atoms with Gasteiger partial charge in [-0.25, -0.2) is 4.98 Å². The Balaban J connectivity index is 1.84. The molecule has 0 spiro atoms. The third-order valence-corrected chi connectivity index (χ3v) is 3.41. The molecule has 1 saturated carbocycles. The second-order valence-corrected chi connectivity index (χ2v) is 4.46. The van der Waals surface area contributed by atoms with Crippen LogP contribution in [0.25, 0.3) is 0 Å². The van der Waals surface area contributed by atoms with Gasteiger partial charge in [0.25, 0.3) is 0 Å². The molecule has 1 fully saturated rings. The van der Waals surface area contributed by atoms with Crippen molar-refractivity contribution in [2.75, 3.05) is 18.5 Å². The van der Waals surface area contributed by atoms with Crippen molar-refractivity contribution in [2.45, 2.75) is 25.7 Å². The molecule has 2 rings (SSSR count). The van der Waals surface area contributed by atoms with Crippen LogP contribution in [-0.2, 0) is 0 Å². The molecule has 1 aliphatic carbocycles. The Kier molecular flexibility index (Phi) is 4.10. The number of aliphatic hydroxyl groups excluding tert-OH is 1. The van der Waals surface area contributed by atoms with E-state index < -0.39 is 0 Å². The Morgan fingerprint density at radius 1 is 1.25 bits per heavy atom. The van der Waals surface area contributed by atoms with Gasteiger partial charge in [-0.2, -0.15) is 0 Å². The fraction of sp³-hybridized carbons (Fsp3) is 0.667. The predicted molar refractivity (Wildman–Crippen MR) is 63.1 cm³/mol. The van der Waals surface area contributed by atoms with Crippen LogP contribution >= 0.6 is 0 Å². The second kappa shape index (κ2) is 5.80. The maximum Gasteiger partial charge on any atom is 0.144 e. The number of nitrogens with zero attached hydrogens (tertiary/aromatic N) is 2. The smallest absolute Gasteiger partial charge is 0.144 e. The first-order valence-corrected chi connectivity index (χ1v) is 6.01. The van der Waals surface area contributed by atoms with Crippen LogP contribution in [0.15, 0.2) is 18.6 Å². The normalized spacial score (nSPS) is 25.3. The molecule has 88 valence electrons. The first-order valence-electron chi connectivity index (χ1n) is 6.01. The van der Waals surface area contributed by atoms with Crippen LogP contribution in [0.1, 0.15) is 25.7 Å². The fourth-order valence-electron chi connectivity index (χ4n) is 2.42. The number of anilines is 1. The van der Waals surface area contributed by atoms with Crippen LogP contribution < -0.4 is 5.32 Å². The molecule has 1 aromatic heterocycles. The average Bonchev–Trinajstić information content (AvgIpc) is 2.38. The third kappa shape index (κ3) is 2.92. The summed E-state index contributed by atoms with van der Waals surface area (Å²) in [6, 6.07) is 0. The van der Waals surface area contributed by atoms with E-state index in [0.29, 0.717) is 18.4 Å². The van der Waals surface area contributed by atoms with Crippen molar-refractivity contribution < 1.29 is 5.11 Å². The molecule has 1 heterocycles. The molecule has 4 nitrogen and oxygen atoms in total. The first kappa shape index (κ1) is 11.3. The van der Waals surface area contributed by atoms with Crippen LogP contribution in [0.4, 0.5) is 5.82 Å². The highest BCUT2D eigenvalue weighted by Crippen LogP contribution is 2.29. The summed E-state index contributed by atoms with van der Waals surface area (Å²) in [6.07, 6.45) is 9.99. The molecule has 0 saturated heterocycles. The molecular weight excluding hydrogens is 202 g/mol. The minimum atomic E-state index is 0.312. The molecule has 1 aliphatic rings. The average molecular weight is 221 g/mol. The van der Waals surface area contributed by atoms with Crippen LogP contribution in [-0.4, -0.2) is 28.2 Å². The van der Waals surface area contributed by atoms with E-state index in [1.807, 2.05) is 0 Å². The maximum atomic E-state index is 9.30. The van der Waals surface area contributed by atoms with Gasteiger partial charge in [-0.05, 0) is 24.7 Å². The molecule has 2 atom stereocenters. The van der Waals surface area contributed by atoms with Crippen molar-refractivity contribution in [1.82, 2.24) is 9.97 Å². The Labute approximate surface area is 96.1 Å². The van der Waals surface area contributed by atoms with Gasteiger partial charge >= 0.3 is 0 Å². The molecule has 0 amide bonds. The second-order valence-electron chi connectivity index (χ2n) is 4.46. The SMILES string of the molecule is OCC1CCCCC1CNc1cnccn1. The summed E-state index contributed by atoms with van der Waals surface area (Å²) >= 11 is 0. The van der Waals surface area contributed by atoms with E-state index in [1.54, 1.807) is 18.6 Å². The summed E-state index contributed by atoms with van der Waals surface area (Å²) in [5.74, 6) is 1.85. The van der Waals surface area contributed by atoms with Crippen molar-refractivity contribution >= 4 is 5.82 Å². The monoisotopic (exact) mass is 221 g/mol. The van der Waals surface area contributed by atoms with Crippen molar-refractivity contribution in [2.24, 2.45) is 11.8 Å². The van der Waals surface area contributed by atoms with Crippen molar-refractivity contribution in [1.29, 1.82) is 0 Å². The summed E-state index contributed by atoms with van der Waals surface area (Å²) in [5.41, 5.74) is 0. The van der Waals surface area contributed by atoms with Crippen LogP contribution in [0, 0.1) is 11.8 Å². The highest BCUT2D eigenvalue weighted by molar-refractivity contribution is 5.29. The van der Waals surface area contributed by atoms with Gasteiger partial charge in [-0.3, -0.25) is 4.98 Å². The summed E-state index contributed by atoms with van der Waals surface area (Å²) in [5, 5.41) is 12.6. The van der Waals surface area contributed by atoms with Crippen LogP contribution in [0.5, 0.6) is 0 Å². The number of aromatic nitrogens is 2. The quantitative estimate of drug-likeness (QED) is 0.812. The van der Waals surface area contributed by atoms with Gasteiger partial charge in [-0.1, -0.05) is 12.8 Å². The molecule has 0 aliphatic heterocycles. The van der Waals surface area contributed by atoms with Crippen LogP contribution in [0.3, 0.4) is 0 Å². The number of hydrogen-bond acceptors (Lipinski definition) is 4. The van der Waals surface area contributed by atoms with E-state index >= 15 is 0 Å². The van der Waals surface area contributed by atoms with E-state index in [0.717, 1.165) is 18.8 Å². The fourth-order valence-corrected chi connectivity index (χ4v) is 2.42. The Hall–Kier alpha value is -1.16. The third-order valence-electron chi connectivity index (χ3n) is 3.41. The standard InChI is InChI=1S/C12H19N3O/c16-9-11-4-2-1-3-10(11)7-15-12-8-13-5-6-14-12/h5-6,8,10-11,16H,1-4,7,9H2,(H,14,15). The lowest BCUT2D eigenvalue weighted by atomic mass is 9.79. The summed E-state index contributed by atoms with van der Waals surface area (Å²) in [4.78, 5) is 8.19. The van der Waals surface area contributed by atoms with E-state index in [9.17, 15) is 5.11 Å². The topological polar surface area (TPSA) is 58.0 Å². The first-order chi connectivity index (χ1) is 7.90. The Morgan fingerprint density at radius 2 is 2.06 bits per heavy atom.